The number of carbonyl (C=O) groups excluding carboxylic acids is 2. The van der Waals surface area contributed by atoms with Gasteiger partial charge in [-0.3, -0.25) is 4.79 Å². The molecule has 3 aromatic carbocycles. The number of fused-ring (bicyclic) bond motifs is 3. The standard InChI is InChI=1S/C42H51NO13/c1-26(44)46-24-30-33(47-21-27-15-9-6-10-16-27)35(48-22-28-17-11-7-12-18-28)32(43-40(45)50-23-29-19-13-8-14-20-29)38(51-30)49-25-31-34-36(54-41(2,3)53-34)37-39(52-31)56-42(4,5)55-37/h6-20,30-39H,21-25H2,1-5H3,(H,43,45)/t30-,31-,32-,33-,34+,35-,36+,37-,38-,39-/m1/s1. The first-order valence-corrected chi connectivity index (χ1v) is 19.0. The van der Waals surface area contributed by atoms with Gasteiger partial charge in [0.2, 0.25) is 0 Å². The quantitative estimate of drug-likeness (QED) is 0.216. The van der Waals surface area contributed by atoms with E-state index in [-0.39, 0.29) is 33.0 Å². The Hall–Kier alpha value is -3.96. The fraction of sp³-hybridized carbons (Fsp3) is 0.524. The molecule has 0 spiro atoms. The van der Waals surface area contributed by atoms with Gasteiger partial charge in [-0.1, -0.05) is 91.0 Å². The van der Waals surface area contributed by atoms with Crippen molar-refractivity contribution in [2.45, 2.75) is 127 Å². The van der Waals surface area contributed by atoms with Crippen LogP contribution in [-0.4, -0.2) is 98.2 Å². The Morgan fingerprint density at radius 3 is 1.73 bits per heavy atom. The van der Waals surface area contributed by atoms with Gasteiger partial charge in [0.15, 0.2) is 24.2 Å². The normalized spacial score (nSPS) is 31.5. The lowest BCUT2D eigenvalue weighted by atomic mass is 9.95. The fourth-order valence-electron chi connectivity index (χ4n) is 7.38. The minimum absolute atomic E-state index is 0.0252. The number of esters is 1. The van der Waals surface area contributed by atoms with E-state index in [0.717, 1.165) is 16.7 Å². The van der Waals surface area contributed by atoms with Crippen molar-refractivity contribution in [3.05, 3.63) is 108 Å². The average Bonchev–Trinajstić information content (AvgIpc) is 3.69. The van der Waals surface area contributed by atoms with E-state index >= 15 is 0 Å². The smallest absolute Gasteiger partial charge is 0.407 e. The van der Waals surface area contributed by atoms with Gasteiger partial charge in [-0.15, -0.1) is 0 Å². The molecule has 14 nitrogen and oxygen atoms in total. The monoisotopic (exact) mass is 777 g/mol. The minimum Gasteiger partial charge on any atom is -0.463 e. The summed E-state index contributed by atoms with van der Waals surface area (Å²) in [7, 11) is 0. The number of rotatable bonds is 14. The average molecular weight is 778 g/mol. The zero-order valence-corrected chi connectivity index (χ0v) is 32.3. The first-order valence-electron chi connectivity index (χ1n) is 19.0. The van der Waals surface area contributed by atoms with Gasteiger partial charge >= 0.3 is 12.1 Å². The maximum atomic E-state index is 13.6. The van der Waals surface area contributed by atoms with Crippen molar-refractivity contribution in [1.82, 2.24) is 5.32 Å². The summed E-state index contributed by atoms with van der Waals surface area (Å²) >= 11 is 0. The van der Waals surface area contributed by atoms with E-state index in [1.807, 2.05) is 119 Å². The first-order chi connectivity index (χ1) is 26.9. The summed E-state index contributed by atoms with van der Waals surface area (Å²) in [6.45, 7) is 8.72. The summed E-state index contributed by atoms with van der Waals surface area (Å²) in [5.41, 5.74) is 2.60. The fourth-order valence-corrected chi connectivity index (χ4v) is 7.38. The predicted octanol–water partition coefficient (Wildman–Crippen LogP) is 5.15. The van der Waals surface area contributed by atoms with Crippen LogP contribution < -0.4 is 5.32 Å². The van der Waals surface area contributed by atoms with Gasteiger partial charge in [0.05, 0.1) is 19.8 Å². The van der Waals surface area contributed by atoms with Crippen LogP contribution in [-0.2, 0) is 76.7 Å². The summed E-state index contributed by atoms with van der Waals surface area (Å²) < 4.78 is 69.0. The van der Waals surface area contributed by atoms with Crippen molar-refractivity contribution in [3.63, 3.8) is 0 Å². The zero-order chi connectivity index (χ0) is 39.3. The van der Waals surface area contributed by atoms with Gasteiger partial charge in [0.1, 0.15) is 62.0 Å². The highest BCUT2D eigenvalue weighted by Gasteiger charge is 2.61. The highest BCUT2D eigenvalue weighted by molar-refractivity contribution is 5.68. The Balaban J connectivity index is 1.18. The van der Waals surface area contributed by atoms with Gasteiger partial charge in [-0.05, 0) is 44.4 Å². The van der Waals surface area contributed by atoms with E-state index < -0.39 is 85.0 Å². The topological polar surface area (TPSA) is 148 Å². The zero-order valence-electron chi connectivity index (χ0n) is 32.3. The lowest BCUT2D eigenvalue weighted by molar-refractivity contribution is -0.304. The number of carbonyl (C=O) groups is 2. The summed E-state index contributed by atoms with van der Waals surface area (Å²) in [5, 5.41) is 2.97. The van der Waals surface area contributed by atoms with E-state index in [1.54, 1.807) is 0 Å². The summed E-state index contributed by atoms with van der Waals surface area (Å²) in [4.78, 5) is 25.8. The van der Waals surface area contributed by atoms with Crippen LogP contribution >= 0.6 is 0 Å². The lowest BCUT2D eigenvalue weighted by Crippen LogP contribution is -2.66. The SMILES string of the molecule is CC(=O)OC[C@H]1O[C@@H](OC[C@H]2O[C@@H]3OC(C)(C)O[C@@H]3[C@H]3OC(C)(C)O[C@H]32)[C@H](NC(=O)OCc2ccccc2)[C@@H](OCc2ccccc2)[C@@H]1OCc1ccccc1. The molecule has 4 saturated heterocycles. The minimum atomic E-state index is -1.18. The van der Waals surface area contributed by atoms with Crippen molar-refractivity contribution in [2.75, 3.05) is 13.2 Å². The van der Waals surface area contributed by atoms with Crippen LogP contribution in [0.1, 0.15) is 51.3 Å². The van der Waals surface area contributed by atoms with E-state index in [1.165, 1.54) is 6.92 Å². The third-order valence-electron chi connectivity index (χ3n) is 9.84. The first kappa shape index (κ1) is 40.2. The molecule has 0 unspecified atom stereocenters. The van der Waals surface area contributed by atoms with Crippen LogP contribution in [0.2, 0.25) is 0 Å². The number of hydrogen-bond donors (Lipinski definition) is 1. The maximum Gasteiger partial charge on any atom is 0.407 e. The Kier molecular flexibility index (Phi) is 12.7. The van der Waals surface area contributed by atoms with Crippen LogP contribution in [0.3, 0.4) is 0 Å². The number of ether oxygens (including phenoxy) is 11. The van der Waals surface area contributed by atoms with Crippen LogP contribution in [0.5, 0.6) is 0 Å². The number of amides is 1. The number of alkyl carbamates (subject to hydrolysis) is 1. The molecule has 1 amide bonds. The number of hydrogen-bond acceptors (Lipinski definition) is 13. The van der Waals surface area contributed by atoms with E-state index in [9.17, 15) is 9.59 Å². The molecule has 0 radical (unpaired) electrons. The molecule has 0 aromatic heterocycles. The Labute approximate surface area is 326 Å². The third kappa shape index (κ3) is 10.1. The molecule has 1 N–H and O–H groups in total. The maximum absolute atomic E-state index is 13.6. The molecule has 3 aromatic rings. The Morgan fingerprint density at radius 2 is 1.12 bits per heavy atom. The molecule has 0 aliphatic carbocycles. The third-order valence-corrected chi connectivity index (χ3v) is 9.84. The molecule has 302 valence electrons. The molecule has 4 aliphatic rings. The second kappa shape index (κ2) is 17.7. The van der Waals surface area contributed by atoms with E-state index in [0.29, 0.717) is 0 Å². The highest BCUT2D eigenvalue weighted by atomic mass is 16.9. The van der Waals surface area contributed by atoms with Crippen LogP contribution in [0.25, 0.3) is 0 Å². The Morgan fingerprint density at radius 1 is 0.589 bits per heavy atom. The Bertz CT molecular complexity index is 1730. The van der Waals surface area contributed by atoms with Crippen molar-refractivity contribution < 1.29 is 61.7 Å². The number of nitrogens with one attached hydrogen (secondary N) is 1. The van der Waals surface area contributed by atoms with Crippen LogP contribution in [0, 0.1) is 0 Å². The molecule has 4 fully saturated rings. The molecule has 10 atom stereocenters. The van der Waals surface area contributed by atoms with Crippen molar-refractivity contribution in [2.24, 2.45) is 0 Å². The highest BCUT2D eigenvalue weighted by Crippen LogP contribution is 2.44. The van der Waals surface area contributed by atoms with Gasteiger partial charge < -0.3 is 57.4 Å². The van der Waals surface area contributed by atoms with Crippen LogP contribution in [0.4, 0.5) is 4.79 Å². The lowest BCUT2D eigenvalue weighted by Gasteiger charge is -2.46. The summed E-state index contributed by atoms with van der Waals surface area (Å²) in [5.74, 6) is -2.33. The van der Waals surface area contributed by atoms with Gasteiger partial charge in [-0.2, -0.15) is 0 Å². The molecule has 4 aliphatic heterocycles. The second-order valence-electron chi connectivity index (χ2n) is 15.1. The predicted molar refractivity (Wildman–Crippen MR) is 197 cm³/mol. The molecule has 0 bridgehead atoms. The molecule has 7 rings (SSSR count). The molecular formula is C42H51NO13. The summed E-state index contributed by atoms with van der Waals surface area (Å²) in [6, 6.07) is 27.6. The van der Waals surface area contributed by atoms with Crippen molar-refractivity contribution in [1.29, 1.82) is 0 Å². The molecule has 56 heavy (non-hydrogen) atoms. The molecule has 0 saturated carbocycles. The van der Waals surface area contributed by atoms with Gasteiger partial charge in [0, 0.05) is 6.92 Å². The van der Waals surface area contributed by atoms with E-state index in [2.05, 4.69) is 5.32 Å². The van der Waals surface area contributed by atoms with Crippen molar-refractivity contribution >= 4 is 12.1 Å². The van der Waals surface area contributed by atoms with Crippen LogP contribution in [0.15, 0.2) is 91.0 Å². The van der Waals surface area contributed by atoms with E-state index in [4.69, 9.17) is 52.1 Å². The second-order valence-corrected chi connectivity index (χ2v) is 15.1. The molecule has 4 heterocycles. The van der Waals surface area contributed by atoms with Gasteiger partial charge in [0.25, 0.3) is 0 Å². The van der Waals surface area contributed by atoms with Gasteiger partial charge in [-0.25, -0.2) is 4.79 Å². The molecular weight excluding hydrogens is 726 g/mol. The largest absolute Gasteiger partial charge is 0.463 e. The summed E-state index contributed by atoms with van der Waals surface area (Å²) in [6.07, 6.45) is -7.61. The molecule has 14 heteroatoms. The van der Waals surface area contributed by atoms with Crippen molar-refractivity contribution in [3.8, 4) is 0 Å². The number of benzene rings is 3.